The number of benzene rings is 2. The Hall–Kier alpha value is -2.95. The van der Waals surface area contributed by atoms with E-state index in [-0.39, 0.29) is 36.2 Å². The van der Waals surface area contributed by atoms with Crippen molar-refractivity contribution in [1.29, 1.82) is 0 Å². The highest BCUT2D eigenvalue weighted by Gasteiger charge is 2.32. The van der Waals surface area contributed by atoms with Crippen LogP contribution in [0.2, 0.25) is 0 Å². The van der Waals surface area contributed by atoms with Gasteiger partial charge in [-0.25, -0.2) is 8.42 Å². The van der Waals surface area contributed by atoms with Gasteiger partial charge < -0.3 is 25.2 Å². The largest absolute Gasteiger partial charge is 0.530 e. The molecule has 0 saturated heterocycles. The molecule has 0 bridgehead atoms. The van der Waals surface area contributed by atoms with Gasteiger partial charge in [-0.3, -0.25) is 4.79 Å². The smallest absolute Gasteiger partial charge is 0.243 e. The van der Waals surface area contributed by atoms with Crippen LogP contribution in [0, 0.1) is 5.92 Å². The van der Waals surface area contributed by atoms with E-state index in [9.17, 15) is 28.2 Å². The normalized spacial score (nSPS) is 13.5. The zero-order chi connectivity index (χ0) is 25.5. The molecule has 2 aromatic carbocycles. The zero-order valence-corrected chi connectivity index (χ0v) is 20.7. The molecule has 0 heterocycles. The molecule has 2 atom stereocenters. The Morgan fingerprint density at radius 2 is 1.62 bits per heavy atom. The molecule has 0 unspecified atom stereocenters. The van der Waals surface area contributed by atoms with E-state index >= 15 is 0 Å². The number of aliphatic hydroxyl groups is 1. The first-order valence-electron chi connectivity index (χ1n) is 11.0. The summed E-state index contributed by atoms with van der Waals surface area (Å²) in [5.41, 5.74) is 1.26. The molecule has 0 aromatic heterocycles. The van der Waals surface area contributed by atoms with Crippen LogP contribution in [0.15, 0.2) is 59.5 Å². The van der Waals surface area contributed by atoms with Crippen LogP contribution >= 0.6 is 0 Å². The number of nitrogens with one attached hydrogen (secondary N) is 1. The maximum absolute atomic E-state index is 13.4. The summed E-state index contributed by atoms with van der Waals surface area (Å²) >= 11 is 0. The molecule has 0 saturated carbocycles. The van der Waals surface area contributed by atoms with Crippen molar-refractivity contribution in [2.45, 2.75) is 44.2 Å². The minimum Gasteiger partial charge on any atom is -0.530 e. The van der Waals surface area contributed by atoms with Crippen molar-refractivity contribution in [2.24, 2.45) is 5.92 Å². The SMILES string of the molecule is CC(=O)Nc1ccc(S(=O)(=O)N(CC(C)C)C[C@@H](O)[C@H](Cc2ccccc2)N(C)C(=O)[O-])cc1. The summed E-state index contributed by atoms with van der Waals surface area (Å²) in [5, 5.41) is 25.2. The maximum atomic E-state index is 13.4. The van der Waals surface area contributed by atoms with Crippen molar-refractivity contribution in [1.82, 2.24) is 9.21 Å². The number of amides is 2. The van der Waals surface area contributed by atoms with Gasteiger partial charge in [-0.2, -0.15) is 4.31 Å². The molecule has 2 aromatic rings. The number of carbonyl (C=O) groups excluding carboxylic acids is 2. The number of nitrogens with zero attached hydrogens (tertiary/aromatic N) is 2. The molecule has 34 heavy (non-hydrogen) atoms. The summed E-state index contributed by atoms with van der Waals surface area (Å²) in [6.45, 7) is 4.88. The van der Waals surface area contributed by atoms with Crippen LogP contribution in [0.5, 0.6) is 0 Å². The molecule has 186 valence electrons. The Morgan fingerprint density at radius 1 is 1.03 bits per heavy atom. The van der Waals surface area contributed by atoms with Gasteiger partial charge in [0.2, 0.25) is 15.9 Å². The first-order valence-corrected chi connectivity index (χ1v) is 12.4. The minimum absolute atomic E-state index is 0.00215. The number of carboxylic acid groups (broad SMARTS) is 1. The van der Waals surface area contributed by atoms with Crippen molar-refractivity contribution in [3.8, 4) is 0 Å². The van der Waals surface area contributed by atoms with Gasteiger partial charge in [-0.1, -0.05) is 44.2 Å². The molecule has 0 fully saturated rings. The van der Waals surface area contributed by atoms with Crippen molar-refractivity contribution in [3.05, 3.63) is 60.2 Å². The van der Waals surface area contributed by atoms with E-state index in [4.69, 9.17) is 0 Å². The van der Waals surface area contributed by atoms with Gasteiger partial charge >= 0.3 is 0 Å². The van der Waals surface area contributed by atoms with Gasteiger partial charge in [0.05, 0.1) is 17.0 Å². The number of sulfonamides is 1. The highest BCUT2D eigenvalue weighted by Crippen LogP contribution is 2.22. The minimum atomic E-state index is -4.01. The number of hydrogen-bond donors (Lipinski definition) is 2. The Morgan fingerprint density at radius 3 is 2.12 bits per heavy atom. The predicted molar refractivity (Wildman–Crippen MR) is 127 cm³/mol. The lowest BCUT2D eigenvalue weighted by Crippen LogP contribution is -2.54. The predicted octanol–water partition coefficient (Wildman–Crippen LogP) is 1.54. The molecule has 0 aliphatic heterocycles. The molecule has 0 spiro atoms. The second-order valence-electron chi connectivity index (χ2n) is 8.62. The van der Waals surface area contributed by atoms with Crippen molar-refractivity contribution < 1.29 is 28.2 Å². The molecule has 0 aliphatic carbocycles. The molecule has 0 radical (unpaired) electrons. The zero-order valence-electron chi connectivity index (χ0n) is 19.8. The van der Waals surface area contributed by atoms with Gasteiger partial charge in [0.1, 0.15) is 6.09 Å². The van der Waals surface area contributed by atoms with Gasteiger partial charge in [0.25, 0.3) is 0 Å². The topological polar surface area (TPSA) is 130 Å². The van der Waals surface area contributed by atoms with Crippen LogP contribution in [0.4, 0.5) is 10.5 Å². The van der Waals surface area contributed by atoms with Crippen molar-refractivity contribution in [3.63, 3.8) is 0 Å². The van der Waals surface area contributed by atoms with Crippen LogP contribution in [0.1, 0.15) is 26.3 Å². The fourth-order valence-corrected chi connectivity index (χ4v) is 5.21. The molecule has 10 heteroatoms. The third-order valence-corrected chi connectivity index (χ3v) is 7.14. The average molecular weight is 491 g/mol. The number of aliphatic hydroxyl groups excluding tert-OH is 1. The first kappa shape index (κ1) is 27.3. The van der Waals surface area contributed by atoms with E-state index in [1.165, 1.54) is 38.2 Å². The number of anilines is 1. The summed E-state index contributed by atoms with van der Waals surface area (Å²) in [7, 11) is -2.71. The quantitative estimate of drug-likeness (QED) is 0.491. The third kappa shape index (κ3) is 7.54. The molecule has 9 nitrogen and oxygen atoms in total. The maximum Gasteiger partial charge on any atom is 0.243 e. The second kappa shape index (κ2) is 12.0. The van der Waals surface area contributed by atoms with Gasteiger partial charge in [-0.05, 0) is 42.2 Å². The average Bonchev–Trinajstić information content (AvgIpc) is 2.76. The van der Waals surface area contributed by atoms with E-state index in [0.29, 0.717) is 5.69 Å². The summed E-state index contributed by atoms with van der Waals surface area (Å²) < 4.78 is 28.0. The molecular formula is C24H32N3O6S-. The summed E-state index contributed by atoms with van der Waals surface area (Å²) in [4.78, 5) is 23.7. The Kier molecular flexibility index (Phi) is 9.60. The van der Waals surface area contributed by atoms with Crippen LogP contribution < -0.4 is 10.4 Å². The van der Waals surface area contributed by atoms with E-state index in [0.717, 1.165) is 14.8 Å². The van der Waals surface area contributed by atoms with E-state index in [1.807, 2.05) is 32.0 Å². The van der Waals surface area contributed by atoms with Crippen LogP contribution in [-0.4, -0.2) is 67.0 Å². The monoisotopic (exact) mass is 490 g/mol. The lowest BCUT2D eigenvalue weighted by atomic mass is 10.00. The standard InChI is InChI=1S/C24H33N3O6S/c1-17(2)15-27(34(32,33)21-12-10-20(11-13-21)25-18(3)28)16-23(29)22(26(4)24(30)31)14-19-8-6-5-7-9-19/h5-13,17,22-23,29H,14-16H2,1-4H3,(H,25,28)(H,30,31)/p-1/t22-,23+/m0/s1. The van der Waals surface area contributed by atoms with E-state index < -0.39 is 28.3 Å². The van der Waals surface area contributed by atoms with Crippen LogP contribution in [-0.2, 0) is 21.2 Å². The van der Waals surface area contributed by atoms with E-state index in [1.54, 1.807) is 12.1 Å². The highest BCUT2D eigenvalue weighted by molar-refractivity contribution is 7.89. The first-order chi connectivity index (χ1) is 15.9. The Balaban J connectivity index is 2.33. The van der Waals surface area contributed by atoms with Crippen LogP contribution in [0.3, 0.4) is 0 Å². The molecule has 0 aliphatic rings. The number of likely N-dealkylation sites (N-methyl/N-ethyl adjacent to an activating group) is 1. The fourth-order valence-electron chi connectivity index (χ4n) is 3.59. The molecule has 2 amide bonds. The number of carbonyl (C=O) groups is 2. The third-order valence-electron chi connectivity index (χ3n) is 5.29. The van der Waals surface area contributed by atoms with Crippen molar-refractivity contribution >= 4 is 27.7 Å². The summed E-state index contributed by atoms with van der Waals surface area (Å²) in [5.74, 6) is -0.325. The Bertz CT molecular complexity index is 1060. The fraction of sp³-hybridized carbons (Fsp3) is 0.417. The molecular weight excluding hydrogens is 458 g/mol. The van der Waals surface area contributed by atoms with E-state index in [2.05, 4.69) is 5.32 Å². The summed E-state index contributed by atoms with van der Waals surface area (Å²) in [6, 6.07) is 13.9. The highest BCUT2D eigenvalue weighted by atomic mass is 32.2. The second-order valence-corrected chi connectivity index (χ2v) is 10.6. The number of hydrogen-bond acceptors (Lipinski definition) is 6. The lowest BCUT2D eigenvalue weighted by Gasteiger charge is -2.36. The molecule has 2 N–H and O–H groups in total. The summed E-state index contributed by atoms with van der Waals surface area (Å²) in [6.07, 6.45) is -2.59. The molecule has 2 rings (SSSR count). The Labute approximate surface area is 201 Å². The van der Waals surface area contributed by atoms with Gasteiger partial charge in [-0.15, -0.1) is 0 Å². The number of rotatable bonds is 11. The van der Waals surface area contributed by atoms with Crippen molar-refractivity contribution in [2.75, 3.05) is 25.5 Å². The van der Waals surface area contributed by atoms with Gasteiger partial charge in [0.15, 0.2) is 0 Å². The van der Waals surface area contributed by atoms with Gasteiger partial charge in [0, 0.05) is 32.7 Å². The lowest BCUT2D eigenvalue weighted by molar-refractivity contribution is -0.267. The van der Waals surface area contributed by atoms with Crippen LogP contribution in [0.25, 0.3) is 0 Å².